The van der Waals surface area contributed by atoms with Crippen molar-refractivity contribution < 1.29 is 16.4 Å². The van der Waals surface area contributed by atoms with Crippen LogP contribution in [-0.2, 0) is 0 Å². The predicted molar refractivity (Wildman–Crippen MR) is 19.4 cm³/mol. The highest BCUT2D eigenvalue weighted by atomic mass is 24.3. The van der Waals surface area contributed by atoms with Gasteiger partial charge < -0.3 is 16.4 Å². The molecule has 0 aliphatic rings. The molecule has 0 aromatic carbocycles. The minimum Gasteiger partial charge on any atom is -0.412 e. The molecule has 0 spiro atoms. The van der Waals surface area contributed by atoms with Gasteiger partial charge >= 0.3 is 23.1 Å². The van der Waals surface area contributed by atoms with Crippen LogP contribution in [0.1, 0.15) is 0 Å². The van der Waals surface area contributed by atoms with Gasteiger partial charge in [-0.3, -0.25) is 0 Å². The lowest BCUT2D eigenvalue weighted by molar-refractivity contribution is 0.823. The quantitative estimate of drug-likeness (QED) is 0.271. The van der Waals surface area contributed by atoms with Crippen LogP contribution in [0.4, 0.5) is 0 Å². The molecule has 28 valence electrons. The van der Waals surface area contributed by atoms with Crippen LogP contribution in [0.2, 0.25) is 0 Å². The minimum atomic E-state index is 0. The Hall–Kier alpha value is 0.646. The number of rotatable bonds is 0. The summed E-state index contributed by atoms with van der Waals surface area (Å²) in [6.07, 6.45) is 0. The molecule has 4 heavy (non-hydrogen) atoms. The third-order valence-corrected chi connectivity index (χ3v) is 0. The first kappa shape index (κ1) is 148. The van der Waals surface area contributed by atoms with E-state index < -0.39 is 0 Å². The van der Waals surface area contributed by atoms with Crippen molar-refractivity contribution in [2.24, 2.45) is 0 Å². The summed E-state index contributed by atoms with van der Waals surface area (Å²) in [4.78, 5) is 0. The first-order valence-corrected chi connectivity index (χ1v) is 0. The summed E-state index contributed by atoms with van der Waals surface area (Å²) < 4.78 is 0. The molecule has 0 amide bonds. The van der Waals surface area contributed by atoms with Gasteiger partial charge in [0.05, 0.1) is 0 Å². The maximum absolute atomic E-state index is 0. The van der Waals surface area contributed by atoms with Crippen molar-refractivity contribution in [2.45, 2.75) is 0 Å². The Bertz CT molecular complexity index is 3.25. The normalized spacial score (nSPS) is 0. The highest BCUT2D eigenvalue weighted by Crippen LogP contribution is -0.287. The maximum atomic E-state index is 0. The minimum absolute atomic E-state index is 0. The lowest BCUT2D eigenvalue weighted by Crippen LogP contribution is -0.381. The van der Waals surface area contributed by atoms with E-state index in [1.165, 1.54) is 0 Å². The molecule has 0 fully saturated rings. The fourth-order valence-electron chi connectivity index (χ4n) is 0. The average Bonchev–Trinajstić information content (AvgIpc) is 0. The molecule has 0 saturated carbocycles. The first-order valence-electron chi connectivity index (χ1n) is 0. The van der Waals surface area contributed by atoms with Crippen molar-refractivity contribution in [1.82, 2.24) is 0 Å². The van der Waals surface area contributed by atoms with Crippen LogP contribution in [0, 0.1) is 0 Å². The van der Waals surface area contributed by atoms with E-state index in [1.54, 1.807) is 0 Å². The fraction of sp³-hybridized carbons (Fsp3) is 0. The van der Waals surface area contributed by atoms with Gasteiger partial charge in [0.2, 0.25) is 0 Å². The van der Waals surface area contributed by atoms with Crippen molar-refractivity contribution in [3.63, 3.8) is 0 Å². The lowest BCUT2D eigenvalue weighted by atomic mass is 16.0. The van der Waals surface area contributed by atoms with Crippen molar-refractivity contribution in [1.29, 1.82) is 0 Å². The average molecular weight is 80.4 g/mol. The van der Waals surface area contributed by atoms with Crippen LogP contribution in [-0.4, -0.2) is 39.5 Å². The summed E-state index contributed by atoms with van der Waals surface area (Å²) >= 11 is 0. The second-order valence-electron chi connectivity index (χ2n) is 0. The van der Waals surface area contributed by atoms with E-state index in [2.05, 4.69) is 0 Å². The van der Waals surface area contributed by atoms with Gasteiger partial charge in [0.1, 0.15) is 0 Å². The molecule has 6 N–H and O–H groups in total. The predicted octanol–water partition coefficient (Wildman–Crippen LogP) is -3.39. The van der Waals surface area contributed by atoms with Gasteiger partial charge in [-0.15, -0.1) is 0 Å². The molecule has 0 heterocycles. The van der Waals surface area contributed by atoms with Crippen LogP contribution >= 0.6 is 0 Å². The smallest absolute Gasteiger partial charge is 0.316 e. The summed E-state index contributed by atoms with van der Waals surface area (Å²) in [5.74, 6) is 0. The van der Waals surface area contributed by atoms with Crippen molar-refractivity contribution >= 4 is 23.1 Å². The number of hydrogen-bond acceptors (Lipinski definition) is 0. The van der Waals surface area contributed by atoms with E-state index in [9.17, 15) is 0 Å². The van der Waals surface area contributed by atoms with Gasteiger partial charge in [-0.25, -0.2) is 0 Å². The van der Waals surface area contributed by atoms with E-state index in [-0.39, 0.29) is 39.5 Å². The Morgan fingerprint density at radius 2 is 0.500 bits per heavy atom. The van der Waals surface area contributed by atoms with Gasteiger partial charge in [0.15, 0.2) is 0 Å². The Labute approximate surface area is 40.1 Å². The zero-order chi connectivity index (χ0) is 0. The second kappa shape index (κ2) is 61.1. The standard InChI is InChI=1S/Mg.3H2O.2H/h;3*1H2;;. The second-order valence-corrected chi connectivity index (χ2v) is 0. The third-order valence-electron chi connectivity index (χ3n) is 0. The Kier molecular flexibility index (Phi) is 2260. The van der Waals surface area contributed by atoms with Crippen LogP contribution in [0.5, 0.6) is 0 Å². The molecule has 0 rings (SSSR count). The molecule has 0 aliphatic heterocycles. The topological polar surface area (TPSA) is 94.5 Å². The molecular formula is H8MgO3. The van der Waals surface area contributed by atoms with Gasteiger partial charge in [-0.05, 0) is 0 Å². The van der Waals surface area contributed by atoms with Crippen molar-refractivity contribution in [3.8, 4) is 0 Å². The van der Waals surface area contributed by atoms with E-state index in [0.717, 1.165) is 0 Å². The summed E-state index contributed by atoms with van der Waals surface area (Å²) in [6.45, 7) is 0. The highest BCUT2D eigenvalue weighted by Gasteiger charge is 0.316. The lowest BCUT2D eigenvalue weighted by Gasteiger charge is -0.413. The van der Waals surface area contributed by atoms with Crippen LogP contribution in [0.15, 0.2) is 0 Å². The van der Waals surface area contributed by atoms with E-state index in [0.29, 0.717) is 0 Å². The highest BCUT2D eigenvalue weighted by molar-refractivity contribution is 5.75. The van der Waals surface area contributed by atoms with Crippen LogP contribution < -0.4 is 0 Å². The zero-order valence-corrected chi connectivity index (χ0v) is 1.50. The Morgan fingerprint density at radius 1 is 0.500 bits per heavy atom. The molecule has 0 unspecified atom stereocenters. The Balaban J connectivity index is 0. The first-order chi connectivity index (χ1) is 0. The summed E-state index contributed by atoms with van der Waals surface area (Å²) in [5, 5.41) is 0. The molecule has 0 bridgehead atoms. The Morgan fingerprint density at radius 3 is 0.500 bits per heavy atom. The summed E-state index contributed by atoms with van der Waals surface area (Å²) in [7, 11) is 0. The molecule has 3 nitrogen and oxygen atoms in total. The van der Waals surface area contributed by atoms with Gasteiger partial charge in [-0.1, -0.05) is 0 Å². The zero-order valence-electron chi connectivity index (χ0n) is 1.50. The largest absolute Gasteiger partial charge is 0.412 e. The maximum Gasteiger partial charge on any atom is 0.316 e. The van der Waals surface area contributed by atoms with Gasteiger partial charge in [0.25, 0.3) is 0 Å². The van der Waals surface area contributed by atoms with Gasteiger partial charge in [-0.2, -0.15) is 0 Å². The van der Waals surface area contributed by atoms with Crippen LogP contribution in [0.3, 0.4) is 0 Å². The SMILES string of the molecule is O.O.O.[MgH2]. The van der Waals surface area contributed by atoms with Crippen molar-refractivity contribution in [2.75, 3.05) is 0 Å². The molecule has 0 aliphatic carbocycles. The summed E-state index contributed by atoms with van der Waals surface area (Å²) in [5.41, 5.74) is 0. The summed E-state index contributed by atoms with van der Waals surface area (Å²) in [6, 6.07) is 0. The van der Waals surface area contributed by atoms with Crippen molar-refractivity contribution in [3.05, 3.63) is 0 Å². The molecule has 0 atom stereocenters. The molecule has 0 aromatic heterocycles. The molecule has 4 heteroatoms. The fourth-order valence-corrected chi connectivity index (χ4v) is 0. The van der Waals surface area contributed by atoms with E-state index in [4.69, 9.17) is 0 Å². The van der Waals surface area contributed by atoms with E-state index >= 15 is 0 Å². The molecule has 0 radical (unpaired) electrons. The van der Waals surface area contributed by atoms with Crippen LogP contribution in [0.25, 0.3) is 0 Å². The van der Waals surface area contributed by atoms with Gasteiger partial charge in [0, 0.05) is 0 Å². The molecule has 0 saturated heterocycles. The van der Waals surface area contributed by atoms with E-state index in [1.807, 2.05) is 0 Å². The molecule has 0 aromatic rings. The monoisotopic (exact) mass is 80.0 g/mol. The molecular weight excluding hydrogens is 72.3 g/mol. The number of hydrogen-bond donors (Lipinski definition) is 0. The third kappa shape index (κ3) is 17.2.